The van der Waals surface area contributed by atoms with Gasteiger partial charge in [-0.3, -0.25) is 9.59 Å². The van der Waals surface area contributed by atoms with Crippen molar-refractivity contribution in [3.63, 3.8) is 0 Å². The molecule has 3 aromatic carbocycles. The molecule has 0 bridgehead atoms. The SMILES string of the molecule is NC(=O)c1ccccc1C(F)(F)F.O=C(N[C@@H](CN1CCCC1)c1ccccc1)c1cccc(C(F)(F)F)c1Cl. The highest BCUT2D eigenvalue weighted by Gasteiger charge is 2.35. The summed E-state index contributed by atoms with van der Waals surface area (Å²) >= 11 is 5.90. The molecule has 0 saturated carbocycles. The lowest BCUT2D eigenvalue weighted by Crippen LogP contribution is -2.37. The lowest BCUT2D eigenvalue weighted by molar-refractivity contribution is -0.138. The number of amides is 2. The van der Waals surface area contributed by atoms with Crippen LogP contribution in [-0.4, -0.2) is 36.3 Å². The smallest absolute Gasteiger partial charge is 0.366 e. The Balaban J connectivity index is 0.000000285. The Morgan fingerprint density at radius 2 is 1.32 bits per heavy atom. The molecule has 214 valence electrons. The molecule has 4 rings (SSSR count). The minimum absolute atomic E-state index is 0.172. The van der Waals surface area contributed by atoms with Gasteiger partial charge in [0.1, 0.15) is 0 Å². The molecule has 1 fully saturated rings. The highest BCUT2D eigenvalue weighted by molar-refractivity contribution is 6.34. The summed E-state index contributed by atoms with van der Waals surface area (Å²) < 4.78 is 75.8. The predicted molar refractivity (Wildman–Crippen MR) is 139 cm³/mol. The number of hydrogen-bond acceptors (Lipinski definition) is 3. The Morgan fingerprint density at radius 1 is 0.800 bits per heavy atom. The second-order valence-corrected chi connectivity index (χ2v) is 9.39. The van der Waals surface area contributed by atoms with Crippen LogP contribution in [0.5, 0.6) is 0 Å². The minimum Gasteiger partial charge on any atom is -0.366 e. The van der Waals surface area contributed by atoms with E-state index in [-0.39, 0.29) is 11.6 Å². The molecular formula is C28H26ClF6N3O2. The van der Waals surface area contributed by atoms with Gasteiger partial charge in [-0.15, -0.1) is 0 Å². The van der Waals surface area contributed by atoms with E-state index in [1.807, 2.05) is 30.3 Å². The third-order valence-corrected chi connectivity index (χ3v) is 6.60. The standard InChI is InChI=1S/C20H20ClF3N2O.C8H6F3NO/c21-18-15(9-6-10-16(18)20(22,23)24)19(27)25-17(13-26-11-4-5-12-26)14-7-2-1-3-8-14;9-8(10,11)6-4-2-1-3-5(6)7(12)13/h1-3,6-10,17H,4-5,11-13H2,(H,25,27);1-4H,(H2,12,13)/t17-;/m0./s1. The van der Waals surface area contributed by atoms with Gasteiger partial charge in [-0.2, -0.15) is 26.3 Å². The van der Waals surface area contributed by atoms with E-state index in [2.05, 4.69) is 10.2 Å². The fraction of sp³-hybridized carbons (Fsp3) is 0.286. The average Bonchev–Trinajstić information content (AvgIpc) is 3.41. The van der Waals surface area contributed by atoms with Crippen LogP contribution in [0.15, 0.2) is 72.8 Å². The molecule has 12 heteroatoms. The Hall–Kier alpha value is -3.57. The normalized spacial score (nSPS) is 14.7. The number of nitrogens with zero attached hydrogens (tertiary/aromatic N) is 1. The molecule has 3 aromatic rings. The van der Waals surface area contributed by atoms with Crippen LogP contribution in [0, 0.1) is 0 Å². The third-order valence-electron chi connectivity index (χ3n) is 6.19. The second kappa shape index (κ2) is 13.2. The summed E-state index contributed by atoms with van der Waals surface area (Å²) in [6.45, 7) is 2.50. The van der Waals surface area contributed by atoms with Gasteiger partial charge in [0.05, 0.1) is 33.3 Å². The maximum atomic E-state index is 13.1. The number of likely N-dealkylation sites (tertiary alicyclic amines) is 1. The van der Waals surface area contributed by atoms with Gasteiger partial charge >= 0.3 is 12.4 Å². The van der Waals surface area contributed by atoms with E-state index in [9.17, 15) is 35.9 Å². The summed E-state index contributed by atoms with van der Waals surface area (Å²) in [5, 5.41) is 2.29. The van der Waals surface area contributed by atoms with Crippen molar-refractivity contribution < 1.29 is 35.9 Å². The van der Waals surface area contributed by atoms with E-state index in [0.29, 0.717) is 6.54 Å². The van der Waals surface area contributed by atoms with Crippen LogP contribution in [-0.2, 0) is 12.4 Å². The zero-order valence-electron chi connectivity index (χ0n) is 21.0. The maximum absolute atomic E-state index is 13.1. The van der Waals surface area contributed by atoms with Gasteiger partial charge < -0.3 is 16.0 Å². The number of halogens is 7. The molecular weight excluding hydrogens is 560 g/mol. The first-order valence-corrected chi connectivity index (χ1v) is 12.6. The van der Waals surface area contributed by atoms with E-state index in [4.69, 9.17) is 17.3 Å². The topological polar surface area (TPSA) is 75.4 Å². The van der Waals surface area contributed by atoms with Crippen LogP contribution in [0.4, 0.5) is 26.3 Å². The van der Waals surface area contributed by atoms with E-state index in [1.165, 1.54) is 24.3 Å². The molecule has 2 amide bonds. The van der Waals surface area contributed by atoms with Gasteiger partial charge in [0.2, 0.25) is 5.91 Å². The highest BCUT2D eigenvalue weighted by atomic mass is 35.5. The van der Waals surface area contributed by atoms with Gasteiger partial charge in [-0.25, -0.2) is 0 Å². The molecule has 0 aliphatic carbocycles. The highest BCUT2D eigenvalue weighted by Crippen LogP contribution is 2.36. The average molecular weight is 586 g/mol. The molecule has 0 aromatic heterocycles. The number of carbonyl (C=O) groups is 2. The summed E-state index contributed by atoms with van der Waals surface area (Å²) in [5.41, 5.74) is 2.99. The van der Waals surface area contributed by atoms with Crippen molar-refractivity contribution in [2.75, 3.05) is 19.6 Å². The zero-order chi connectivity index (χ0) is 29.5. The molecule has 1 atom stereocenters. The van der Waals surface area contributed by atoms with Crippen molar-refractivity contribution in [2.45, 2.75) is 31.2 Å². The van der Waals surface area contributed by atoms with E-state index in [0.717, 1.165) is 49.7 Å². The van der Waals surface area contributed by atoms with Crippen LogP contribution in [0.3, 0.4) is 0 Å². The summed E-state index contributed by atoms with van der Waals surface area (Å²) in [4.78, 5) is 25.6. The fourth-order valence-electron chi connectivity index (χ4n) is 4.25. The van der Waals surface area contributed by atoms with Crippen molar-refractivity contribution in [1.29, 1.82) is 0 Å². The fourth-order valence-corrected chi connectivity index (χ4v) is 4.57. The number of rotatable bonds is 6. The second-order valence-electron chi connectivity index (χ2n) is 9.02. The largest absolute Gasteiger partial charge is 0.417 e. The monoisotopic (exact) mass is 585 g/mol. The van der Waals surface area contributed by atoms with Gasteiger partial charge in [0.25, 0.3) is 5.91 Å². The molecule has 0 spiro atoms. The van der Waals surface area contributed by atoms with Crippen molar-refractivity contribution >= 4 is 23.4 Å². The van der Waals surface area contributed by atoms with Crippen LogP contribution < -0.4 is 11.1 Å². The van der Waals surface area contributed by atoms with Gasteiger partial charge in [0, 0.05) is 6.54 Å². The van der Waals surface area contributed by atoms with E-state index in [1.54, 1.807) is 0 Å². The van der Waals surface area contributed by atoms with Crippen LogP contribution in [0.1, 0.15) is 56.3 Å². The Labute approximate surface area is 231 Å². The summed E-state index contributed by atoms with van der Waals surface area (Å²) in [5.74, 6) is -1.69. The lowest BCUT2D eigenvalue weighted by Gasteiger charge is -2.25. The summed E-state index contributed by atoms with van der Waals surface area (Å²) in [6, 6.07) is 16.9. The molecule has 1 aliphatic heterocycles. The Morgan fingerprint density at radius 3 is 1.88 bits per heavy atom. The number of carbonyl (C=O) groups excluding carboxylic acids is 2. The molecule has 0 radical (unpaired) electrons. The molecule has 0 unspecified atom stereocenters. The third kappa shape index (κ3) is 8.22. The Kier molecular flexibility index (Phi) is 10.2. The minimum atomic E-state index is -4.61. The molecule has 1 saturated heterocycles. The first-order valence-electron chi connectivity index (χ1n) is 12.2. The van der Waals surface area contributed by atoms with Gasteiger partial charge in [-0.1, -0.05) is 60.1 Å². The first-order chi connectivity index (χ1) is 18.8. The van der Waals surface area contributed by atoms with Gasteiger partial charge in [0.15, 0.2) is 0 Å². The van der Waals surface area contributed by atoms with Gasteiger partial charge in [-0.05, 0) is 55.8 Å². The molecule has 40 heavy (non-hydrogen) atoms. The molecule has 5 nitrogen and oxygen atoms in total. The predicted octanol–water partition coefficient (Wildman–Crippen LogP) is 6.73. The number of benzene rings is 3. The van der Waals surface area contributed by atoms with Crippen molar-refractivity contribution in [1.82, 2.24) is 10.2 Å². The molecule has 1 aliphatic rings. The Bertz CT molecular complexity index is 1310. The number of primary amides is 1. The van der Waals surface area contributed by atoms with E-state index >= 15 is 0 Å². The van der Waals surface area contributed by atoms with Crippen molar-refractivity contribution in [3.8, 4) is 0 Å². The summed E-state index contributed by atoms with van der Waals surface area (Å²) in [6.07, 6.45) is -6.93. The molecule has 3 N–H and O–H groups in total. The summed E-state index contributed by atoms with van der Waals surface area (Å²) in [7, 11) is 0. The van der Waals surface area contributed by atoms with Crippen LogP contribution in [0.25, 0.3) is 0 Å². The number of nitrogens with one attached hydrogen (secondary N) is 1. The lowest BCUT2D eigenvalue weighted by atomic mass is 10.0. The number of hydrogen-bond donors (Lipinski definition) is 2. The molecule has 1 heterocycles. The first kappa shape index (κ1) is 31.0. The van der Waals surface area contributed by atoms with Crippen LogP contribution in [0.2, 0.25) is 5.02 Å². The van der Waals surface area contributed by atoms with Crippen molar-refractivity contribution in [3.05, 3.63) is 106 Å². The zero-order valence-corrected chi connectivity index (χ0v) is 21.8. The number of nitrogens with two attached hydrogens (primary N) is 1. The van der Waals surface area contributed by atoms with E-state index < -0.39 is 45.9 Å². The number of alkyl halides is 6. The van der Waals surface area contributed by atoms with Crippen LogP contribution >= 0.6 is 11.6 Å². The quantitative estimate of drug-likeness (QED) is 0.315. The van der Waals surface area contributed by atoms with Crippen molar-refractivity contribution in [2.24, 2.45) is 5.73 Å². The maximum Gasteiger partial charge on any atom is 0.417 e.